The number of nitrogens with zero attached hydrogens (tertiary/aromatic N) is 1. The van der Waals surface area contributed by atoms with Crippen LogP contribution in [0.5, 0.6) is 5.75 Å². The summed E-state index contributed by atoms with van der Waals surface area (Å²) in [5.41, 5.74) is 1.64. The van der Waals surface area contributed by atoms with Crippen molar-refractivity contribution in [3.8, 4) is 5.75 Å². The average Bonchev–Trinajstić information content (AvgIpc) is 2.56. The van der Waals surface area contributed by atoms with E-state index in [1.807, 2.05) is 6.07 Å². The molecule has 2 rings (SSSR count). The lowest BCUT2D eigenvalue weighted by molar-refractivity contribution is -0.384. The number of benzene rings is 2. The number of non-ortho nitro benzene ring substituents is 1. The molecule has 0 atom stereocenters. The van der Waals surface area contributed by atoms with Crippen molar-refractivity contribution in [2.24, 2.45) is 5.92 Å². The van der Waals surface area contributed by atoms with Crippen LogP contribution in [0, 0.1) is 23.0 Å². The number of hydrogen-bond donors (Lipinski definition) is 1. The summed E-state index contributed by atoms with van der Waals surface area (Å²) in [5.74, 6) is 0.913. The molecule has 2 aromatic rings. The van der Waals surface area contributed by atoms with Crippen LogP contribution < -0.4 is 10.1 Å². The van der Waals surface area contributed by atoms with Gasteiger partial charge in [0.25, 0.3) is 11.6 Å². The molecular weight excluding hydrogens is 320 g/mol. The molecule has 132 valence electrons. The zero-order valence-corrected chi connectivity index (χ0v) is 14.6. The second-order valence-electron chi connectivity index (χ2n) is 6.27. The van der Waals surface area contributed by atoms with Crippen molar-refractivity contribution in [3.63, 3.8) is 0 Å². The second kappa shape index (κ2) is 8.28. The first kappa shape index (κ1) is 18.4. The molecule has 0 fully saturated rings. The predicted molar refractivity (Wildman–Crippen MR) is 97.2 cm³/mol. The molecule has 0 spiro atoms. The van der Waals surface area contributed by atoms with Gasteiger partial charge in [0.15, 0.2) is 0 Å². The topological polar surface area (TPSA) is 81.5 Å². The highest BCUT2D eigenvalue weighted by molar-refractivity contribution is 6.04. The summed E-state index contributed by atoms with van der Waals surface area (Å²) in [6.45, 7) is 6.57. The van der Waals surface area contributed by atoms with Crippen LogP contribution in [0.4, 0.5) is 11.4 Å². The van der Waals surface area contributed by atoms with E-state index in [0.29, 0.717) is 35.1 Å². The minimum atomic E-state index is -0.462. The van der Waals surface area contributed by atoms with Crippen molar-refractivity contribution in [1.29, 1.82) is 0 Å². The van der Waals surface area contributed by atoms with Crippen LogP contribution in [0.1, 0.15) is 36.2 Å². The molecule has 6 nitrogen and oxygen atoms in total. The first-order valence-corrected chi connectivity index (χ1v) is 8.16. The number of carbonyl (C=O) groups is 1. The van der Waals surface area contributed by atoms with Gasteiger partial charge in [-0.15, -0.1) is 0 Å². The van der Waals surface area contributed by atoms with Crippen molar-refractivity contribution in [2.75, 3.05) is 11.9 Å². The normalized spacial score (nSPS) is 10.6. The Labute approximate surface area is 147 Å². The predicted octanol–water partition coefficient (Wildman–Crippen LogP) is 4.58. The number of amides is 1. The maximum atomic E-state index is 12.4. The largest absolute Gasteiger partial charge is 0.494 e. The Morgan fingerprint density at radius 2 is 2.00 bits per heavy atom. The molecular formula is C19H22N2O4. The van der Waals surface area contributed by atoms with Crippen LogP contribution in [-0.4, -0.2) is 17.4 Å². The van der Waals surface area contributed by atoms with E-state index in [1.54, 1.807) is 25.1 Å². The Bertz CT molecular complexity index is 772. The van der Waals surface area contributed by atoms with Crippen LogP contribution in [-0.2, 0) is 0 Å². The standard InChI is InChI=1S/C19H22N2O4/c1-13(2)9-10-25-17-6-4-5-15(12-17)19(22)20-18-8-7-16(21(23)24)11-14(18)3/h4-8,11-13H,9-10H2,1-3H3,(H,20,22). The lowest BCUT2D eigenvalue weighted by Gasteiger charge is -2.11. The molecule has 0 aliphatic heterocycles. The molecule has 1 N–H and O–H groups in total. The number of aryl methyl sites for hydroxylation is 1. The summed E-state index contributed by atoms with van der Waals surface area (Å²) < 4.78 is 5.67. The number of nitrogens with one attached hydrogen (secondary N) is 1. The molecule has 0 unspecified atom stereocenters. The monoisotopic (exact) mass is 342 g/mol. The van der Waals surface area contributed by atoms with Gasteiger partial charge in [-0.25, -0.2) is 0 Å². The third-order valence-electron chi connectivity index (χ3n) is 3.73. The molecule has 25 heavy (non-hydrogen) atoms. The SMILES string of the molecule is Cc1cc([N+](=O)[O-])ccc1NC(=O)c1cccc(OCCC(C)C)c1. The van der Waals surface area contributed by atoms with Crippen LogP contribution in [0.15, 0.2) is 42.5 Å². The Morgan fingerprint density at radius 3 is 2.64 bits per heavy atom. The lowest BCUT2D eigenvalue weighted by atomic mass is 10.1. The fraction of sp³-hybridized carbons (Fsp3) is 0.316. The van der Waals surface area contributed by atoms with Gasteiger partial charge >= 0.3 is 0 Å². The number of hydrogen-bond acceptors (Lipinski definition) is 4. The first-order chi connectivity index (χ1) is 11.9. The Morgan fingerprint density at radius 1 is 1.24 bits per heavy atom. The third kappa shape index (κ3) is 5.31. The molecule has 0 aromatic heterocycles. The van der Waals surface area contributed by atoms with Gasteiger partial charge in [-0.05, 0) is 49.1 Å². The maximum absolute atomic E-state index is 12.4. The summed E-state index contributed by atoms with van der Waals surface area (Å²) in [6.07, 6.45) is 0.943. The molecule has 0 aliphatic rings. The van der Waals surface area contributed by atoms with Crippen molar-refractivity contribution in [1.82, 2.24) is 0 Å². The van der Waals surface area contributed by atoms with Crippen molar-refractivity contribution >= 4 is 17.3 Å². The molecule has 0 bridgehead atoms. The first-order valence-electron chi connectivity index (χ1n) is 8.16. The van der Waals surface area contributed by atoms with E-state index in [1.165, 1.54) is 18.2 Å². The average molecular weight is 342 g/mol. The molecule has 2 aromatic carbocycles. The molecule has 0 saturated heterocycles. The molecule has 6 heteroatoms. The smallest absolute Gasteiger partial charge is 0.269 e. The van der Waals surface area contributed by atoms with Gasteiger partial charge in [0, 0.05) is 23.4 Å². The number of rotatable bonds is 7. The van der Waals surface area contributed by atoms with Crippen LogP contribution in [0.3, 0.4) is 0 Å². The summed E-state index contributed by atoms with van der Waals surface area (Å²) in [7, 11) is 0. The fourth-order valence-electron chi connectivity index (χ4n) is 2.24. The van der Waals surface area contributed by atoms with E-state index in [-0.39, 0.29) is 11.6 Å². The molecule has 0 aliphatic carbocycles. The Balaban J connectivity index is 2.07. The number of nitro groups is 1. The summed E-state index contributed by atoms with van der Waals surface area (Å²) >= 11 is 0. The maximum Gasteiger partial charge on any atom is 0.269 e. The number of anilines is 1. The molecule has 0 heterocycles. The van der Waals surface area contributed by atoms with Gasteiger partial charge in [0.05, 0.1) is 11.5 Å². The summed E-state index contributed by atoms with van der Waals surface area (Å²) in [6, 6.07) is 11.3. The van der Waals surface area contributed by atoms with Gasteiger partial charge < -0.3 is 10.1 Å². The van der Waals surface area contributed by atoms with Crippen molar-refractivity contribution in [2.45, 2.75) is 27.2 Å². The van der Waals surface area contributed by atoms with E-state index >= 15 is 0 Å². The molecule has 0 saturated carbocycles. The minimum absolute atomic E-state index is 0.00366. The summed E-state index contributed by atoms with van der Waals surface area (Å²) in [4.78, 5) is 22.7. The highest BCUT2D eigenvalue weighted by Gasteiger charge is 2.12. The van der Waals surface area contributed by atoms with Gasteiger partial charge in [-0.2, -0.15) is 0 Å². The highest BCUT2D eigenvalue weighted by Crippen LogP contribution is 2.22. The zero-order chi connectivity index (χ0) is 18.4. The number of carbonyl (C=O) groups excluding carboxylic acids is 1. The van der Waals surface area contributed by atoms with Crippen LogP contribution >= 0.6 is 0 Å². The Kier molecular flexibility index (Phi) is 6.11. The van der Waals surface area contributed by atoms with E-state index < -0.39 is 4.92 Å². The van der Waals surface area contributed by atoms with E-state index in [0.717, 1.165) is 6.42 Å². The van der Waals surface area contributed by atoms with Crippen LogP contribution in [0.2, 0.25) is 0 Å². The minimum Gasteiger partial charge on any atom is -0.494 e. The quantitative estimate of drug-likeness (QED) is 0.590. The number of nitro benzene ring substituents is 1. The third-order valence-corrected chi connectivity index (χ3v) is 3.73. The lowest BCUT2D eigenvalue weighted by Crippen LogP contribution is -2.13. The van der Waals surface area contributed by atoms with E-state index in [9.17, 15) is 14.9 Å². The fourth-order valence-corrected chi connectivity index (χ4v) is 2.24. The van der Waals surface area contributed by atoms with E-state index in [2.05, 4.69) is 19.2 Å². The van der Waals surface area contributed by atoms with E-state index in [4.69, 9.17) is 4.74 Å². The number of ether oxygens (including phenoxy) is 1. The van der Waals surface area contributed by atoms with Gasteiger partial charge in [-0.3, -0.25) is 14.9 Å². The van der Waals surface area contributed by atoms with Gasteiger partial charge in [-0.1, -0.05) is 19.9 Å². The highest BCUT2D eigenvalue weighted by atomic mass is 16.6. The summed E-state index contributed by atoms with van der Waals surface area (Å²) in [5, 5.41) is 13.6. The second-order valence-corrected chi connectivity index (χ2v) is 6.27. The Hall–Kier alpha value is -2.89. The van der Waals surface area contributed by atoms with Crippen molar-refractivity contribution < 1.29 is 14.5 Å². The zero-order valence-electron chi connectivity index (χ0n) is 14.6. The molecule has 1 amide bonds. The molecule has 0 radical (unpaired) electrons. The van der Waals surface area contributed by atoms with Gasteiger partial charge in [0.2, 0.25) is 0 Å². The van der Waals surface area contributed by atoms with Gasteiger partial charge in [0.1, 0.15) is 5.75 Å². The van der Waals surface area contributed by atoms with Crippen molar-refractivity contribution in [3.05, 3.63) is 63.7 Å². The van der Waals surface area contributed by atoms with Crippen LogP contribution in [0.25, 0.3) is 0 Å².